The number of aryl methyl sites for hydroxylation is 1. The minimum absolute atomic E-state index is 0.212. The number of ether oxygens (including phenoxy) is 2. The molecule has 2 rings (SSSR count). The second-order valence-corrected chi connectivity index (χ2v) is 10.4. The van der Waals surface area contributed by atoms with Crippen LogP contribution in [-0.4, -0.2) is 47.8 Å². The van der Waals surface area contributed by atoms with Gasteiger partial charge in [-0.2, -0.15) is 0 Å². The van der Waals surface area contributed by atoms with E-state index in [0.29, 0.717) is 11.5 Å². The Morgan fingerprint density at radius 2 is 1.65 bits per heavy atom. The number of nitrogens with zero attached hydrogens (tertiary/aromatic N) is 1. The SMILES string of the molecule is CCc1cc(CNCC2CCN(C(=O)OC(C)(C)C)CC2)ccc1C(=O)OC(C)(C)C. The Bertz CT molecular complexity index is 754. The normalized spacial score (nSPS) is 15.6. The molecule has 0 aromatic heterocycles. The van der Waals surface area contributed by atoms with Crippen molar-refractivity contribution in [2.75, 3.05) is 19.6 Å². The molecule has 0 unspecified atom stereocenters. The number of nitrogens with one attached hydrogen (secondary N) is 1. The number of piperidine rings is 1. The fourth-order valence-electron chi connectivity index (χ4n) is 3.65. The van der Waals surface area contributed by atoms with E-state index in [4.69, 9.17) is 9.47 Å². The van der Waals surface area contributed by atoms with Gasteiger partial charge in [-0.3, -0.25) is 0 Å². The van der Waals surface area contributed by atoms with Gasteiger partial charge in [-0.25, -0.2) is 9.59 Å². The van der Waals surface area contributed by atoms with Crippen LogP contribution in [0.15, 0.2) is 18.2 Å². The van der Waals surface area contributed by atoms with E-state index in [-0.39, 0.29) is 12.1 Å². The molecule has 1 aliphatic rings. The summed E-state index contributed by atoms with van der Waals surface area (Å²) in [6.45, 7) is 16.5. The Hall–Kier alpha value is -2.08. The molecule has 1 N–H and O–H groups in total. The highest BCUT2D eigenvalue weighted by Gasteiger charge is 2.26. The van der Waals surface area contributed by atoms with Crippen LogP contribution in [0.2, 0.25) is 0 Å². The molecule has 0 saturated carbocycles. The molecule has 0 atom stereocenters. The van der Waals surface area contributed by atoms with Crippen LogP contribution < -0.4 is 5.32 Å². The number of carbonyl (C=O) groups is 2. The van der Waals surface area contributed by atoms with Gasteiger partial charge in [-0.15, -0.1) is 0 Å². The van der Waals surface area contributed by atoms with Crippen LogP contribution in [0.4, 0.5) is 4.79 Å². The first-order valence-corrected chi connectivity index (χ1v) is 11.4. The maximum Gasteiger partial charge on any atom is 0.410 e. The molecule has 1 aliphatic heterocycles. The summed E-state index contributed by atoms with van der Waals surface area (Å²) < 4.78 is 11.0. The molecule has 1 aromatic rings. The molecule has 1 amide bonds. The lowest BCUT2D eigenvalue weighted by molar-refractivity contribution is 0.00673. The van der Waals surface area contributed by atoms with E-state index in [2.05, 4.69) is 18.3 Å². The summed E-state index contributed by atoms with van der Waals surface area (Å²) in [7, 11) is 0. The minimum atomic E-state index is -0.499. The van der Waals surface area contributed by atoms with Gasteiger partial charge < -0.3 is 19.7 Å². The summed E-state index contributed by atoms with van der Waals surface area (Å²) in [6.07, 6.45) is 2.52. The maximum atomic E-state index is 12.4. The zero-order valence-corrected chi connectivity index (χ0v) is 20.3. The van der Waals surface area contributed by atoms with Crippen molar-refractivity contribution in [3.8, 4) is 0 Å². The summed E-state index contributed by atoms with van der Waals surface area (Å²) >= 11 is 0. The Morgan fingerprint density at radius 3 is 2.19 bits per heavy atom. The molecule has 0 aliphatic carbocycles. The van der Waals surface area contributed by atoms with Crippen molar-refractivity contribution in [1.82, 2.24) is 10.2 Å². The fraction of sp³-hybridized carbons (Fsp3) is 0.680. The van der Waals surface area contributed by atoms with Gasteiger partial charge in [0, 0.05) is 19.6 Å². The highest BCUT2D eigenvalue weighted by atomic mass is 16.6. The number of benzene rings is 1. The summed E-state index contributed by atoms with van der Waals surface area (Å²) in [5.74, 6) is 0.283. The fourth-order valence-corrected chi connectivity index (χ4v) is 3.65. The van der Waals surface area contributed by atoms with Crippen molar-refractivity contribution < 1.29 is 19.1 Å². The summed E-state index contributed by atoms with van der Waals surface area (Å²) in [5, 5.41) is 3.54. The van der Waals surface area contributed by atoms with Crippen molar-refractivity contribution in [1.29, 1.82) is 0 Å². The Labute approximate surface area is 187 Å². The lowest BCUT2D eigenvalue weighted by atomic mass is 9.96. The molecule has 0 bridgehead atoms. The van der Waals surface area contributed by atoms with E-state index >= 15 is 0 Å². The third kappa shape index (κ3) is 8.52. The topological polar surface area (TPSA) is 67.9 Å². The van der Waals surface area contributed by atoms with E-state index in [0.717, 1.165) is 56.6 Å². The maximum absolute atomic E-state index is 12.4. The number of hydrogen-bond donors (Lipinski definition) is 1. The van der Waals surface area contributed by atoms with Gasteiger partial charge in [0.15, 0.2) is 0 Å². The zero-order chi connectivity index (χ0) is 23.2. The van der Waals surface area contributed by atoms with Crippen LogP contribution in [0.25, 0.3) is 0 Å². The van der Waals surface area contributed by atoms with Crippen LogP contribution in [-0.2, 0) is 22.4 Å². The third-order valence-electron chi connectivity index (χ3n) is 5.20. The highest BCUT2D eigenvalue weighted by molar-refractivity contribution is 5.91. The molecule has 1 heterocycles. The average Bonchev–Trinajstić information content (AvgIpc) is 2.65. The molecular formula is C25H40N2O4. The summed E-state index contributed by atoms with van der Waals surface area (Å²) in [5.41, 5.74) is 1.87. The molecule has 1 saturated heterocycles. The quantitative estimate of drug-likeness (QED) is 0.645. The van der Waals surface area contributed by atoms with Gasteiger partial charge in [0.05, 0.1) is 5.56 Å². The van der Waals surface area contributed by atoms with E-state index < -0.39 is 11.2 Å². The molecule has 174 valence electrons. The molecule has 6 nitrogen and oxygen atoms in total. The van der Waals surface area contributed by atoms with Crippen molar-refractivity contribution >= 4 is 12.1 Å². The zero-order valence-electron chi connectivity index (χ0n) is 20.3. The van der Waals surface area contributed by atoms with Crippen molar-refractivity contribution in [2.24, 2.45) is 5.92 Å². The van der Waals surface area contributed by atoms with Gasteiger partial charge in [0.25, 0.3) is 0 Å². The summed E-state index contributed by atoms with van der Waals surface area (Å²) in [6, 6.07) is 5.97. The predicted octanol–water partition coefficient (Wildman–Crippen LogP) is 4.94. The largest absolute Gasteiger partial charge is 0.456 e. The number of hydrogen-bond acceptors (Lipinski definition) is 5. The van der Waals surface area contributed by atoms with E-state index in [9.17, 15) is 9.59 Å². The van der Waals surface area contributed by atoms with Gasteiger partial charge >= 0.3 is 12.1 Å². The molecule has 0 radical (unpaired) electrons. The standard InChI is InChI=1S/C25H40N2O4/c1-8-20-15-19(9-10-21(20)22(28)30-24(2,3)4)17-26-16-18-11-13-27(14-12-18)23(29)31-25(5,6)7/h9-10,15,18,26H,8,11-14,16-17H2,1-7H3. The molecule has 1 aromatic carbocycles. The first kappa shape index (κ1) is 25.2. The number of likely N-dealkylation sites (tertiary alicyclic amines) is 1. The van der Waals surface area contributed by atoms with Crippen molar-refractivity contribution in [2.45, 2.75) is 85.5 Å². The minimum Gasteiger partial charge on any atom is -0.456 e. The van der Waals surface area contributed by atoms with Gasteiger partial charge in [0.2, 0.25) is 0 Å². The van der Waals surface area contributed by atoms with Gasteiger partial charge in [-0.05, 0) is 90.5 Å². The van der Waals surface area contributed by atoms with Crippen LogP contribution >= 0.6 is 0 Å². The Balaban J connectivity index is 1.81. The monoisotopic (exact) mass is 432 g/mol. The van der Waals surface area contributed by atoms with Crippen LogP contribution in [0.3, 0.4) is 0 Å². The molecule has 31 heavy (non-hydrogen) atoms. The molecule has 6 heteroatoms. The smallest absolute Gasteiger partial charge is 0.410 e. The lowest BCUT2D eigenvalue weighted by Gasteiger charge is -2.33. The first-order chi connectivity index (χ1) is 14.4. The highest BCUT2D eigenvalue weighted by Crippen LogP contribution is 2.20. The van der Waals surface area contributed by atoms with E-state index in [1.807, 2.05) is 58.6 Å². The Kier molecular flexibility index (Phi) is 8.52. The number of esters is 1. The Morgan fingerprint density at radius 1 is 1.03 bits per heavy atom. The number of carbonyl (C=O) groups excluding carboxylic acids is 2. The third-order valence-corrected chi connectivity index (χ3v) is 5.20. The second-order valence-electron chi connectivity index (χ2n) is 10.4. The van der Waals surface area contributed by atoms with Crippen molar-refractivity contribution in [3.05, 3.63) is 34.9 Å². The lowest BCUT2D eigenvalue weighted by Crippen LogP contribution is -2.43. The molecule has 1 fully saturated rings. The molecule has 0 spiro atoms. The summed E-state index contributed by atoms with van der Waals surface area (Å²) in [4.78, 5) is 26.4. The van der Waals surface area contributed by atoms with Crippen LogP contribution in [0.5, 0.6) is 0 Å². The molecular weight excluding hydrogens is 392 g/mol. The average molecular weight is 433 g/mol. The van der Waals surface area contributed by atoms with Crippen molar-refractivity contribution in [3.63, 3.8) is 0 Å². The predicted molar refractivity (Wildman–Crippen MR) is 123 cm³/mol. The van der Waals surface area contributed by atoms with Gasteiger partial charge in [-0.1, -0.05) is 19.1 Å². The van der Waals surface area contributed by atoms with E-state index in [1.54, 1.807) is 0 Å². The van der Waals surface area contributed by atoms with Crippen LogP contribution in [0, 0.1) is 5.92 Å². The van der Waals surface area contributed by atoms with Crippen LogP contribution in [0.1, 0.15) is 82.8 Å². The van der Waals surface area contributed by atoms with E-state index in [1.165, 1.54) is 0 Å². The van der Waals surface area contributed by atoms with Gasteiger partial charge in [0.1, 0.15) is 11.2 Å². The second kappa shape index (κ2) is 10.5. The number of amides is 1. The number of rotatable bonds is 6. The first-order valence-electron chi connectivity index (χ1n) is 11.4.